The number of carboxylic acids is 1. The first-order valence-electron chi connectivity index (χ1n) is 13.9. The summed E-state index contributed by atoms with van der Waals surface area (Å²) < 4.78 is 65.7. The van der Waals surface area contributed by atoms with Gasteiger partial charge in [0.1, 0.15) is 23.3 Å². The van der Waals surface area contributed by atoms with Gasteiger partial charge in [0.05, 0.1) is 34.8 Å². The Morgan fingerprint density at radius 1 is 1.05 bits per heavy atom. The minimum Gasteiger partial charge on any atom is -0.478 e. The number of para-hydroxylation sites is 1. The number of imidazole rings is 1. The van der Waals surface area contributed by atoms with Crippen molar-refractivity contribution in [3.8, 4) is 22.6 Å². The third kappa shape index (κ3) is 4.84. The Labute approximate surface area is 254 Å². The lowest BCUT2D eigenvalue weighted by molar-refractivity contribution is -0.0705. The molecule has 0 bridgehead atoms. The number of aromatic nitrogens is 2. The second-order valence-electron chi connectivity index (χ2n) is 10.9. The molecule has 0 saturated carbocycles. The Morgan fingerprint density at radius 2 is 1.82 bits per heavy atom. The van der Waals surface area contributed by atoms with Crippen molar-refractivity contribution in [1.29, 1.82) is 0 Å². The number of benzene rings is 4. The van der Waals surface area contributed by atoms with Gasteiger partial charge in [-0.25, -0.2) is 22.9 Å². The van der Waals surface area contributed by atoms with E-state index in [0.717, 1.165) is 12.5 Å². The van der Waals surface area contributed by atoms with Crippen LogP contribution in [0.15, 0.2) is 66.7 Å². The lowest BCUT2D eigenvalue weighted by Gasteiger charge is -2.27. The number of carbonyl (C=O) groups is 1. The average Bonchev–Trinajstić information content (AvgIpc) is 3.48. The Hall–Kier alpha value is -4.54. The van der Waals surface area contributed by atoms with Crippen molar-refractivity contribution in [2.75, 3.05) is 6.61 Å². The predicted octanol–water partition coefficient (Wildman–Crippen LogP) is 7.50. The summed E-state index contributed by atoms with van der Waals surface area (Å²) in [6.45, 7) is 2.54. The standard InChI is InChI=1S/C33H24ClF3N2O5/c1-33(23-7-6-19(34)14-26(23)37)43-29-4-2-3-21(31(29)44-33)18-11-24(35)22(25(36)12-18)15-30-38-27-8-5-17(32(40)41)13-28(27)39(30)16-20-9-10-42-20/h2-8,11-14,20H,9-10,15-16H2,1H3,(H,40,41)/t20-,33?/m0/s1. The first-order valence-corrected chi connectivity index (χ1v) is 14.3. The molecule has 7 nitrogen and oxygen atoms in total. The zero-order valence-electron chi connectivity index (χ0n) is 23.2. The van der Waals surface area contributed by atoms with Crippen molar-refractivity contribution in [2.45, 2.75) is 38.2 Å². The smallest absolute Gasteiger partial charge is 0.335 e. The molecule has 7 rings (SSSR count). The minimum atomic E-state index is -1.53. The summed E-state index contributed by atoms with van der Waals surface area (Å²) >= 11 is 5.91. The van der Waals surface area contributed by atoms with Crippen LogP contribution in [0.5, 0.6) is 11.5 Å². The molecule has 2 aliphatic rings. The zero-order valence-corrected chi connectivity index (χ0v) is 24.0. The van der Waals surface area contributed by atoms with Crippen LogP contribution in [0.25, 0.3) is 22.2 Å². The van der Waals surface area contributed by atoms with E-state index in [1.165, 1.54) is 36.4 Å². The molecule has 5 aromatic rings. The van der Waals surface area contributed by atoms with Crippen molar-refractivity contribution in [1.82, 2.24) is 9.55 Å². The summed E-state index contributed by atoms with van der Waals surface area (Å²) in [7, 11) is 0. The first kappa shape index (κ1) is 28.2. The SMILES string of the molecule is CC1(c2ccc(Cl)cc2F)Oc2cccc(-c3cc(F)c(Cc4nc5ccc(C(=O)O)cc5n4C[C@@H]4CCO4)c(F)c3)c2O1. The minimum absolute atomic E-state index is 0.0814. The molecule has 1 unspecified atom stereocenters. The van der Waals surface area contributed by atoms with Crippen LogP contribution in [-0.2, 0) is 23.5 Å². The maximum atomic E-state index is 15.7. The number of fused-ring (bicyclic) bond motifs is 2. The molecule has 0 radical (unpaired) electrons. The van der Waals surface area contributed by atoms with E-state index in [1.54, 1.807) is 35.8 Å². The number of rotatable bonds is 7. The van der Waals surface area contributed by atoms with Gasteiger partial charge in [-0.2, -0.15) is 0 Å². The molecule has 44 heavy (non-hydrogen) atoms. The van der Waals surface area contributed by atoms with E-state index in [2.05, 4.69) is 4.98 Å². The van der Waals surface area contributed by atoms with E-state index in [9.17, 15) is 14.3 Å². The Balaban J connectivity index is 1.23. The maximum Gasteiger partial charge on any atom is 0.335 e. The Kier molecular flexibility index (Phi) is 6.78. The second-order valence-corrected chi connectivity index (χ2v) is 11.4. The molecule has 4 aromatic carbocycles. The van der Waals surface area contributed by atoms with Gasteiger partial charge in [-0.15, -0.1) is 0 Å². The van der Waals surface area contributed by atoms with Crippen LogP contribution in [-0.4, -0.2) is 33.3 Å². The zero-order chi connectivity index (χ0) is 30.7. The van der Waals surface area contributed by atoms with Gasteiger partial charge in [0.15, 0.2) is 11.5 Å². The Bertz CT molecular complexity index is 1950. The van der Waals surface area contributed by atoms with Gasteiger partial charge in [-0.1, -0.05) is 23.7 Å². The largest absolute Gasteiger partial charge is 0.478 e. The van der Waals surface area contributed by atoms with Crippen LogP contribution >= 0.6 is 11.6 Å². The van der Waals surface area contributed by atoms with E-state index in [0.29, 0.717) is 35.6 Å². The highest BCUT2D eigenvalue weighted by Crippen LogP contribution is 2.50. The quantitative estimate of drug-likeness (QED) is 0.203. The molecule has 0 amide bonds. The van der Waals surface area contributed by atoms with Gasteiger partial charge in [0, 0.05) is 36.1 Å². The van der Waals surface area contributed by atoms with Gasteiger partial charge < -0.3 is 23.9 Å². The molecular weight excluding hydrogens is 597 g/mol. The van der Waals surface area contributed by atoms with Gasteiger partial charge in [0.25, 0.3) is 5.79 Å². The number of nitrogens with zero attached hydrogens (tertiary/aromatic N) is 2. The summed E-state index contributed by atoms with van der Waals surface area (Å²) in [6.07, 6.45) is 0.528. The molecule has 2 atom stereocenters. The molecule has 0 spiro atoms. The fourth-order valence-corrected chi connectivity index (χ4v) is 5.84. The van der Waals surface area contributed by atoms with Crippen molar-refractivity contribution in [2.24, 2.45) is 0 Å². The molecule has 2 aliphatic heterocycles. The highest BCUT2D eigenvalue weighted by Gasteiger charge is 2.42. The van der Waals surface area contributed by atoms with Crippen LogP contribution in [0.2, 0.25) is 5.02 Å². The molecule has 1 aromatic heterocycles. The van der Waals surface area contributed by atoms with Crippen LogP contribution < -0.4 is 9.47 Å². The fraction of sp³-hybridized carbons (Fsp3) is 0.212. The summed E-state index contributed by atoms with van der Waals surface area (Å²) in [5.74, 6) is -3.96. The monoisotopic (exact) mass is 620 g/mol. The Morgan fingerprint density at radius 3 is 2.50 bits per heavy atom. The van der Waals surface area contributed by atoms with Crippen molar-refractivity contribution in [3.63, 3.8) is 0 Å². The topological polar surface area (TPSA) is 82.8 Å². The van der Waals surface area contributed by atoms with Crippen molar-refractivity contribution >= 4 is 28.6 Å². The molecule has 11 heteroatoms. The number of hydrogen-bond donors (Lipinski definition) is 1. The maximum absolute atomic E-state index is 15.7. The molecule has 3 heterocycles. The van der Waals surface area contributed by atoms with E-state index < -0.39 is 29.2 Å². The van der Waals surface area contributed by atoms with Gasteiger partial charge in [-0.3, -0.25) is 0 Å². The fourth-order valence-electron chi connectivity index (χ4n) is 5.68. The van der Waals surface area contributed by atoms with Crippen LogP contribution in [0, 0.1) is 17.5 Å². The van der Waals surface area contributed by atoms with Gasteiger partial charge >= 0.3 is 5.97 Å². The molecule has 1 fully saturated rings. The summed E-state index contributed by atoms with van der Waals surface area (Å²) in [4.78, 5) is 16.2. The van der Waals surface area contributed by atoms with Gasteiger partial charge in [-0.05, 0) is 66.6 Å². The van der Waals surface area contributed by atoms with Crippen LogP contribution in [0.1, 0.15) is 40.7 Å². The highest BCUT2D eigenvalue weighted by atomic mass is 35.5. The summed E-state index contributed by atoms with van der Waals surface area (Å²) in [6, 6.07) is 16.0. The van der Waals surface area contributed by atoms with Crippen molar-refractivity contribution < 1.29 is 37.3 Å². The predicted molar refractivity (Wildman–Crippen MR) is 156 cm³/mol. The van der Waals surface area contributed by atoms with Gasteiger partial charge in [0.2, 0.25) is 0 Å². The normalized spacial score (nSPS) is 18.9. The number of aromatic carboxylic acids is 1. The number of carboxylic acid groups (broad SMARTS) is 1. The molecule has 224 valence electrons. The third-order valence-corrected chi connectivity index (χ3v) is 8.28. The number of hydrogen-bond acceptors (Lipinski definition) is 5. The number of ether oxygens (including phenoxy) is 3. The molecule has 1 N–H and O–H groups in total. The molecular formula is C33H24ClF3N2O5. The molecule has 0 aliphatic carbocycles. The highest BCUT2D eigenvalue weighted by molar-refractivity contribution is 6.30. The summed E-state index contributed by atoms with van der Waals surface area (Å²) in [5.41, 5.74) is 1.62. The van der Waals surface area contributed by atoms with E-state index in [4.69, 9.17) is 25.8 Å². The third-order valence-electron chi connectivity index (χ3n) is 8.04. The van der Waals surface area contributed by atoms with E-state index in [-0.39, 0.29) is 51.3 Å². The number of halogens is 4. The lowest BCUT2D eigenvalue weighted by atomic mass is 10.00. The average molecular weight is 621 g/mol. The summed E-state index contributed by atoms with van der Waals surface area (Å²) in [5, 5.41) is 9.70. The van der Waals surface area contributed by atoms with E-state index in [1.807, 2.05) is 0 Å². The van der Waals surface area contributed by atoms with Crippen LogP contribution in [0.4, 0.5) is 13.2 Å². The lowest BCUT2D eigenvalue weighted by Crippen LogP contribution is -2.32. The van der Waals surface area contributed by atoms with Crippen molar-refractivity contribution in [3.05, 3.63) is 112 Å². The van der Waals surface area contributed by atoms with Crippen LogP contribution in [0.3, 0.4) is 0 Å². The molecule has 1 saturated heterocycles. The van der Waals surface area contributed by atoms with E-state index >= 15 is 8.78 Å². The second kappa shape index (κ2) is 10.6. The first-order chi connectivity index (χ1) is 21.1.